The Morgan fingerprint density at radius 2 is 1.88 bits per heavy atom. The first-order chi connectivity index (χ1) is 16.5. The van der Waals surface area contributed by atoms with Crippen LogP contribution in [0.1, 0.15) is 39.6 Å². The monoisotopic (exact) mass is 477 g/mol. The molecule has 0 unspecified atom stereocenters. The molecule has 1 aliphatic rings. The zero-order valence-electron chi connectivity index (χ0n) is 19.2. The van der Waals surface area contributed by atoms with E-state index < -0.39 is 0 Å². The van der Waals surface area contributed by atoms with Crippen molar-refractivity contribution in [1.82, 2.24) is 14.6 Å². The quantitative estimate of drug-likeness (QED) is 0.383. The van der Waals surface area contributed by atoms with Gasteiger partial charge in [0.15, 0.2) is 22.9 Å². The first-order valence-corrected chi connectivity index (χ1v) is 11.3. The first kappa shape index (κ1) is 22.4. The number of nitrogens with zero attached hydrogens (tertiary/aromatic N) is 3. The molecule has 0 saturated carbocycles. The molecule has 8 heteroatoms. The maximum Gasteiger partial charge on any atom is 0.166 e. The minimum Gasteiger partial charge on any atom is -0.493 e. The fraction of sp³-hybridized carbons (Fsp3) is 0.269. The average molecular weight is 478 g/mol. The van der Waals surface area contributed by atoms with Gasteiger partial charge in [-0.1, -0.05) is 29.8 Å². The smallest absolute Gasteiger partial charge is 0.166 e. The molecule has 1 aliphatic carbocycles. The third kappa shape index (κ3) is 3.81. The first-order valence-electron chi connectivity index (χ1n) is 10.9. The zero-order valence-corrected chi connectivity index (χ0v) is 19.9. The summed E-state index contributed by atoms with van der Waals surface area (Å²) in [6.45, 7) is 0.299. The largest absolute Gasteiger partial charge is 0.493 e. The summed E-state index contributed by atoms with van der Waals surface area (Å²) < 4.78 is 18.1. The van der Waals surface area contributed by atoms with Crippen molar-refractivity contribution in [2.45, 2.75) is 25.4 Å². The van der Waals surface area contributed by atoms with Gasteiger partial charge in [0.2, 0.25) is 0 Å². The van der Waals surface area contributed by atoms with Crippen molar-refractivity contribution >= 4 is 23.0 Å². The van der Waals surface area contributed by atoms with Gasteiger partial charge in [-0.25, -0.2) is 9.50 Å². The molecule has 34 heavy (non-hydrogen) atoms. The summed E-state index contributed by atoms with van der Waals surface area (Å²) >= 11 is 6.22. The molecular formula is C26H24ClN3O4. The highest BCUT2D eigenvalue weighted by atomic mass is 35.5. The molecule has 0 fully saturated rings. The standard InChI is InChI=1S/C26H24ClN3O4/c1-32-14-20-25(16-7-8-23(33-2)24(12-16)34-3)26-28-13-19-21(30(26)29-20)10-17(11-22(19)31)15-5-4-6-18(27)9-15/h4-9,12-13,17H,10-11,14H2,1-3H3/t17-/m0/s1. The Kier molecular flexibility index (Phi) is 5.98. The maximum absolute atomic E-state index is 13.1. The van der Waals surface area contributed by atoms with Crippen LogP contribution in [0.3, 0.4) is 0 Å². The highest BCUT2D eigenvalue weighted by Crippen LogP contribution is 2.38. The number of rotatable bonds is 6. The highest BCUT2D eigenvalue weighted by molar-refractivity contribution is 6.30. The molecule has 7 nitrogen and oxygen atoms in total. The number of hydrogen-bond acceptors (Lipinski definition) is 6. The Balaban J connectivity index is 1.68. The molecule has 2 heterocycles. The minimum absolute atomic E-state index is 0.0175. The van der Waals surface area contributed by atoms with Gasteiger partial charge < -0.3 is 14.2 Å². The summed E-state index contributed by atoms with van der Waals surface area (Å²) in [6, 6.07) is 13.4. The van der Waals surface area contributed by atoms with E-state index in [0.29, 0.717) is 47.2 Å². The Bertz CT molecular complexity index is 1400. The lowest BCUT2D eigenvalue weighted by Gasteiger charge is -2.24. The Morgan fingerprint density at radius 3 is 2.62 bits per heavy atom. The number of aromatic nitrogens is 3. The third-order valence-corrected chi connectivity index (χ3v) is 6.50. The van der Waals surface area contributed by atoms with Crippen molar-refractivity contribution in [3.63, 3.8) is 0 Å². The third-order valence-electron chi connectivity index (χ3n) is 6.26. The number of ether oxygens (including phenoxy) is 3. The second-order valence-corrected chi connectivity index (χ2v) is 8.70. The topological polar surface area (TPSA) is 75.0 Å². The van der Waals surface area contributed by atoms with Crippen molar-refractivity contribution in [1.29, 1.82) is 0 Å². The molecule has 0 saturated heterocycles. The van der Waals surface area contributed by atoms with Gasteiger partial charge >= 0.3 is 0 Å². The van der Waals surface area contributed by atoms with E-state index in [9.17, 15) is 4.79 Å². The van der Waals surface area contributed by atoms with Crippen LogP contribution in [0.2, 0.25) is 5.02 Å². The van der Waals surface area contributed by atoms with E-state index in [4.69, 9.17) is 30.9 Å². The summed E-state index contributed by atoms with van der Waals surface area (Å²) in [4.78, 5) is 17.7. The van der Waals surface area contributed by atoms with Gasteiger partial charge in [0.05, 0.1) is 43.3 Å². The van der Waals surface area contributed by atoms with E-state index >= 15 is 0 Å². The number of carbonyl (C=O) groups excluding carboxylic acids is 1. The number of benzene rings is 2. The number of fused-ring (bicyclic) bond motifs is 3. The number of carbonyl (C=O) groups is 1. The van der Waals surface area contributed by atoms with Crippen LogP contribution in [0.5, 0.6) is 11.5 Å². The molecule has 5 rings (SSSR count). The van der Waals surface area contributed by atoms with E-state index in [1.165, 1.54) is 0 Å². The number of ketones is 1. The van der Waals surface area contributed by atoms with Crippen molar-refractivity contribution in [2.75, 3.05) is 21.3 Å². The summed E-state index contributed by atoms with van der Waals surface area (Å²) in [5, 5.41) is 5.51. The predicted molar refractivity (Wildman–Crippen MR) is 129 cm³/mol. The van der Waals surface area contributed by atoms with E-state index in [2.05, 4.69) is 4.98 Å². The number of halogens is 1. The number of Topliss-reactive ketones (excluding diaryl/α,β-unsaturated/α-hetero) is 1. The van der Waals surface area contributed by atoms with Crippen LogP contribution < -0.4 is 9.47 Å². The molecule has 0 amide bonds. The average Bonchev–Trinajstić information content (AvgIpc) is 3.22. The number of methoxy groups -OCH3 is 3. The Labute approximate surface area is 202 Å². The minimum atomic E-state index is 0.0175. The van der Waals surface area contributed by atoms with Crippen molar-refractivity contribution < 1.29 is 19.0 Å². The normalized spacial score (nSPS) is 15.4. The predicted octanol–water partition coefficient (Wildman–Crippen LogP) is 5.13. The van der Waals surface area contributed by atoms with Crippen LogP contribution in [-0.4, -0.2) is 41.7 Å². The Morgan fingerprint density at radius 1 is 1.06 bits per heavy atom. The molecular weight excluding hydrogens is 454 g/mol. The van der Waals surface area contributed by atoms with E-state index in [-0.39, 0.29) is 11.7 Å². The second kappa shape index (κ2) is 9.08. The Hall–Kier alpha value is -3.42. The van der Waals surface area contributed by atoms with Crippen molar-refractivity contribution in [3.05, 3.63) is 76.2 Å². The molecule has 0 N–H and O–H groups in total. The van der Waals surface area contributed by atoms with Crippen LogP contribution in [0, 0.1) is 0 Å². The van der Waals surface area contributed by atoms with E-state index in [1.807, 2.05) is 42.5 Å². The SMILES string of the molecule is COCc1nn2c3c(cnc2c1-c1ccc(OC)c(OC)c1)C(=O)C[C@@H](c1cccc(Cl)c1)C3. The fourth-order valence-electron chi connectivity index (χ4n) is 4.66. The molecule has 0 radical (unpaired) electrons. The fourth-order valence-corrected chi connectivity index (χ4v) is 4.86. The maximum atomic E-state index is 13.1. The van der Waals surface area contributed by atoms with Gasteiger partial charge in [-0.05, 0) is 47.7 Å². The summed E-state index contributed by atoms with van der Waals surface area (Å²) in [5.74, 6) is 1.31. The molecule has 0 bridgehead atoms. The zero-order chi connectivity index (χ0) is 23.8. The summed E-state index contributed by atoms with van der Waals surface area (Å²) in [6.07, 6.45) is 2.74. The molecule has 174 valence electrons. The van der Waals surface area contributed by atoms with Gasteiger partial charge in [-0.3, -0.25) is 4.79 Å². The molecule has 0 aliphatic heterocycles. The molecule has 2 aromatic heterocycles. The van der Waals surface area contributed by atoms with Crippen molar-refractivity contribution in [3.8, 4) is 22.6 Å². The van der Waals surface area contributed by atoms with Gasteiger partial charge in [-0.15, -0.1) is 0 Å². The lowest BCUT2D eigenvalue weighted by Crippen LogP contribution is -2.22. The second-order valence-electron chi connectivity index (χ2n) is 8.26. The molecule has 4 aromatic rings. The lowest BCUT2D eigenvalue weighted by atomic mass is 9.82. The van der Waals surface area contributed by atoms with Crippen LogP contribution >= 0.6 is 11.6 Å². The van der Waals surface area contributed by atoms with Crippen LogP contribution in [0.15, 0.2) is 48.7 Å². The van der Waals surface area contributed by atoms with Gasteiger partial charge in [-0.2, -0.15) is 5.10 Å². The highest BCUT2D eigenvalue weighted by Gasteiger charge is 2.30. The van der Waals surface area contributed by atoms with Crippen LogP contribution in [0.25, 0.3) is 16.8 Å². The van der Waals surface area contributed by atoms with Gasteiger partial charge in [0.25, 0.3) is 0 Å². The molecule has 2 aromatic carbocycles. The lowest BCUT2D eigenvalue weighted by molar-refractivity contribution is 0.0962. The molecule has 0 spiro atoms. The van der Waals surface area contributed by atoms with Gasteiger partial charge in [0.1, 0.15) is 0 Å². The summed E-state index contributed by atoms with van der Waals surface area (Å²) in [7, 11) is 4.83. The van der Waals surface area contributed by atoms with Crippen LogP contribution in [-0.2, 0) is 17.8 Å². The van der Waals surface area contributed by atoms with E-state index in [0.717, 1.165) is 28.1 Å². The van der Waals surface area contributed by atoms with Crippen molar-refractivity contribution in [2.24, 2.45) is 0 Å². The van der Waals surface area contributed by atoms with Crippen LogP contribution in [0.4, 0.5) is 0 Å². The molecule has 1 atom stereocenters. The summed E-state index contributed by atoms with van der Waals surface area (Å²) in [5.41, 5.74) is 5.60. The van der Waals surface area contributed by atoms with Gasteiger partial charge in [0, 0.05) is 24.8 Å². The number of hydrogen-bond donors (Lipinski definition) is 0. The van der Waals surface area contributed by atoms with E-state index in [1.54, 1.807) is 32.0 Å².